The molecule has 0 saturated heterocycles. The molecule has 3 aromatic heterocycles. The van der Waals surface area contributed by atoms with Crippen LogP contribution < -0.4 is 5.32 Å². The molecule has 0 unspecified atom stereocenters. The van der Waals surface area contributed by atoms with Gasteiger partial charge in [0.15, 0.2) is 5.82 Å². The molecule has 9 heteroatoms. The van der Waals surface area contributed by atoms with Crippen LogP contribution >= 0.6 is 34.7 Å². The largest absolute Gasteiger partial charge is 0.325 e. The first-order valence-electron chi connectivity index (χ1n) is 8.43. The van der Waals surface area contributed by atoms with Crippen molar-refractivity contribution in [3.63, 3.8) is 0 Å². The predicted molar refractivity (Wildman–Crippen MR) is 114 cm³/mol. The van der Waals surface area contributed by atoms with Gasteiger partial charge in [0, 0.05) is 23.1 Å². The van der Waals surface area contributed by atoms with E-state index in [-0.39, 0.29) is 11.7 Å². The van der Waals surface area contributed by atoms with Crippen molar-refractivity contribution in [2.24, 2.45) is 0 Å². The van der Waals surface area contributed by atoms with Gasteiger partial charge < -0.3 is 5.32 Å². The predicted octanol–water partition coefficient (Wildman–Crippen LogP) is 4.81. The van der Waals surface area contributed by atoms with Crippen molar-refractivity contribution < 1.29 is 4.79 Å². The Balaban J connectivity index is 1.52. The number of hydrogen-bond acceptors (Lipinski definition) is 5. The molecule has 0 aliphatic carbocycles. The third-order valence-electron chi connectivity index (χ3n) is 3.96. The molecule has 1 aromatic carbocycles. The van der Waals surface area contributed by atoms with Crippen LogP contribution in [0.5, 0.6) is 0 Å². The van der Waals surface area contributed by atoms with Crippen molar-refractivity contribution in [3.8, 4) is 10.7 Å². The van der Waals surface area contributed by atoms with Crippen LogP contribution in [0.25, 0.3) is 10.7 Å². The summed E-state index contributed by atoms with van der Waals surface area (Å²) in [5.74, 6) is 0.805. The first kappa shape index (κ1) is 18.8. The molecule has 142 valence electrons. The summed E-state index contributed by atoms with van der Waals surface area (Å²) in [7, 11) is 0. The van der Waals surface area contributed by atoms with Gasteiger partial charge in [0.2, 0.25) is 11.1 Å². The Morgan fingerprint density at radius 1 is 1.21 bits per heavy atom. The highest BCUT2D eigenvalue weighted by atomic mass is 35.5. The molecule has 28 heavy (non-hydrogen) atoms. The van der Waals surface area contributed by atoms with Gasteiger partial charge in [-0.1, -0.05) is 35.5 Å². The fourth-order valence-electron chi connectivity index (χ4n) is 2.58. The van der Waals surface area contributed by atoms with Gasteiger partial charge in [0.05, 0.1) is 10.6 Å². The Morgan fingerprint density at radius 3 is 2.75 bits per heavy atom. The Kier molecular flexibility index (Phi) is 5.52. The Hall–Kier alpha value is -2.55. The third-order valence-corrected chi connectivity index (χ3v) is 6.15. The fraction of sp³-hybridized carbons (Fsp3) is 0.105. The van der Waals surface area contributed by atoms with Gasteiger partial charge in [-0.25, -0.2) is 4.68 Å². The lowest BCUT2D eigenvalue weighted by Crippen LogP contribution is -2.15. The Labute approximate surface area is 175 Å². The minimum Gasteiger partial charge on any atom is -0.325 e. The van der Waals surface area contributed by atoms with Crippen LogP contribution in [0.3, 0.4) is 0 Å². The molecule has 3 heterocycles. The SMILES string of the molecule is Cc1ccc(NC(=O)CSc2nnc(-c3cccs3)n2-n2cccc2)cc1Cl. The van der Waals surface area contributed by atoms with Crippen molar-refractivity contribution in [1.82, 2.24) is 19.5 Å². The van der Waals surface area contributed by atoms with Crippen molar-refractivity contribution >= 4 is 46.3 Å². The Morgan fingerprint density at radius 2 is 2.04 bits per heavy atom. The number of aryl methyl sites for hydroxylation is 1. The second-order valence-corrected chi connectivity index (χ2v) is 8.26. The minimum atomic E-state index is -0.135. The van der Waals surface area contributed by atoms with Crippen LogP contribution in [0.4, 0.5) is 5.69 Å². The van der Waals surface area contributed by atoms with Crippen LogP contribution in [0.2, 0.25) is 5.02 Å². The summed E-state index contributed by atoms with van der Waals surface area (Å²) in [6.07, 6.45) is 3.83. The normalized spacial score (nSPS) is 10.9. The number of nitrogens with one attached hydrogen (secondary N) is 1. The summed E-state index contributed by atoms with van der Waals surface area (Å²) in [6.45, 7) is 1.92. The highest BCUT2D eigenvalue weighted by Gasteiger charge is 2.17. The average molecular weight is 430 g/mol. The molecular formula is C19H16ClN5OS2. The average Bonchev–Trinajstić information content (AvgIpc) is 3.43. The first-order chi connectivity index (χ1) is 13.6. The van der Waals surface area contributed by atoms with Crippen LogP contribution in [0.15, 0.2) is 65.4 Å². The summed E-state index contributed by atoms with van der Waals surface area (Å²) in [6, 6.07) is 13.3. The van der Waals surface area contributed by atoms with E-state index in [2.05, 4.69) is 15.5 Å². The maximum absolute atomic E-state index is 12.4. The van der Waals surface area contributed by atoms with Crippen LogP contribution in [-0.4, -0.2) is 31.2 Å². The smallest absolute Gasteiger partial charge is 0.234 e. The number of rotatable bonds is 6. The van der Waals surface area contributed by atoms with Gasteiger partial charge in [-0.15, -0.1) is 21.5 Å². The van der Waals surface area contributed by atoms with E-state index in [1.165, 1.54) is 11.8 Å². The molecule has 0 fully saturated rings. The summed E-state index contributed by atoms with van der Waals surface area (Å²) in [5, 5.41) is 14.7. The monoisotopic (exact) mass is 429 g/mol. The highest BCUT2D eigenvalue weighted by molar-refractivity contribution is 7.99. The number of benzene rings is 1. The summed E-state index contributed by atoms with van der Waals surface area (Å²) in [5.41, 5.74) is 1.64. The number of carbonyl (C=O) groups is 1. The zero-order chi connectivity index (χ0) is 19.5. The summed E-state index contributed by atoms with van der Waals surface area (Å²) < 4.78 is 3.79. The first-order valence-corrected chi connectivity index (χ1v) is 10.7. The van der Waals surface area contributed by atoms with Gasteiger partial charge >= 0.3 is 0 Å². The van der Waals surface area contributed by atoms with E-state index in [9.17, 15) is 4.79 Å². The van der Waals surface area contributed by atoms with Gasteiger partial charge in [-0.2, -0.15) is 0 Å². The molecular weight excluding hydrogens is 414 g/mol. The van der Waals surface area contributed by atoms with E-state index in [1.54, 1.807) is 17.4 Å². The van der Waals surface area contributed by atoms with Crippen molar-refractivity contribution in [1.29, 1.82) is 0 Å². The van der Waals surface area contributed by atoms with Gasteiger partial charge in [-0.3, -0.25) is 9.47 Å². The quantitative estimate of drug-likeness (QED) is 0.446. The minimum absolute atomic E-state index is 0.135. The lowest BCUT2D eigenvalue weighted by atomic mass is 10.2. The number of nitrogens with zero attached hydrogens (tertiary/aromatic N) is 4. The van der Waals surface area contributed by atoms with Gasteiger partial charge in [-0.05, 0) is 48.2 Å². The second-order valence-electron chi connectivity index (χ2n) is 5.96. The number of aromatic nitrogens is 4. The number of amides is 1. The summed E-state index contributed by atoms with van der Waals surface area (Å²) >= 11 is 9.04. The molecule has 0 aliphatic heterocycles. The Bertz CT molecular complexity index is 1090. The molecule has 0 spiro atoms. The third kappa shape index (κ3) is 3.99. The lowest BCUT2D eigenvalue weighted by Gasteiger charge is -2.10. The van der Waals surface area contributed by atoms with E-state index in [1.807, 2.05) is 70.4 Å². The van der Waals surface area contributed by atoms with Crippen LogP contribution in [0, 0.1) is 6.92 Å². The molecule has 0 radical (unpaired) electrons. The second kappa shape index (κ2) is 8.22. The van der Waals surface area contributed by atoms with Crippen molar-refractivity contribution in [2.75, 3.05) is 11.1 Å². The molecule has 4 aromatic rings. The molecule has 4 rings (SSSR count). The summed E-state index contributed by atoms with van der Waals surface area (Å²) in [4.78, 5) is 13.4. The van der Waals surface area contributed by atoms with E-state index < -0.39 is 0 Å². The van der Waals surface area contributed by atoms with Crippen LogP contribution in [-0.2, 0) is 4.79 Å². The van der Waals surface area contributed by atoms with Crippen molar-refractivity contribution in [2.45, 2.75) is 12.1 Å². The highest BCUT2D eigenvalue weighted by Crippen LogP contribution is 2.27. The zero-order valence-electron chi connectivity index (χ0n) is 14.9. The number of thiophene rings is 1. The molecule has 6 nitrogen and oxygen atoms in total. The standard InChI is InChI=1S/C19H16ClN5OS2/c1-13-6-7-14(11-15(13)20)21-17(26)12-28-19-23-22-18(16-5-4-10-27-16)25(19)24-8-2-3-9-24/h2-11H,12H2,1H3,(H,21,26). The van der Waals surface area contributed by atoms with E-state index in [4.69, 9.17) is 11.6 Å². The zero-order valence-corrected chi connectivity index (χ0v) is 17.3. The van der Waals surface area contributed by atoms with Crippen molar-refractivity contribution in [3.05, 3.63) is 70.8 Å². The number of thioether (sulfide) groups is 1. The number of carbonyl (C=O) groups excluding carboxylic acids is 1. The molecule has 0 atom stereocenters. The molecule has 0 saturated carbocycles. The van der Waals surface area contributed by atoms with Gasteiger partial charge in [0.25, 0.3) is 0 Å². The van der Waals surface area contributed by atoms with Crippen LogP contribution in [0.1, 0.15) is 5.56 Å². The molecule has 0 bridgehead atoms. The van der Waals surface area contributed by atoms with E-state index in [0.717, 1.165) is 16.3 Å². The maximum atomic E-state index is 12.4. The molecule has 1 N–H and O–H groups in total. The number of anilines is 1. The maximum Gasteiger partial charge on any atom is 0.234 e. The topological polar surface area (TPSA) is 64.7 Å². The molecule has 0 aliphatic rings. The fourth-order valence-corrected chi connectivity index (χ4v) is 4.19. The van der Waals surface area contributed by atoms with Gasteiger partial charge in [0.1, 0.15) is 0 Å². The van der Waals surface area contributed by atoms with E-state index in [0.29, 0.717) is 15.9 Å². The number of hydrogen-bond donors (Lipinski definition) is 1. The number of halogens is 1. The van der Waals surface area contributed by atoms with E-state index >= 15 is 0 Å². The molecule has 1 amide bonds. The lowest BCUT2D eigenvalue weighted by molar-refractivity contribution is -0.113.